The molecule has 2 rings (SSSR count). The average Bonchev–Trinajstić information content (AvgIpc) is 2.68. The van der Waals surface area contributed by atoms with Gasteiger partial charge in [0.05, 0.1) is 6.10 Å². The van der Waals surface area contributed by atoms with Gasteiger partial charge in [-0.05, 0) is 23.6 Å². The van der Waals surface area contributed by atoms with Crippen LogP contribution < -0.4 is 0 Å². The van der Waals surface area contributed by atoms with Crippen LogP contribution in [0.5, 0.6) is 0 Å². The maximum Gasteiger partial charge on any atom is 0.163 e. The van der Waals surface area contributed by atoms with E-state index in [1.807, 2.05) is 24.3 Å². The van der Waals surface area contributed by atoms with Crippen LogP contribution in [0.1, 0.15) is 49.8 Å². The van der Waals surface area contributed by atoms with Gasteiger partial charge in [-0.15, -0.1) is 0 Å². The SMILES string of the molecule is CCCCCC(=O)C1=CC(O)c2ccccc21. The molecule has 0 heterocycles. The number of benzene rings is 1. The molecule has 90 valence electrons. The van der Waals surface area contributed by atoms with Gasteiger partial charge >= 0.3 is 0 Å². The summed E-state index contributed by atoms with van der Waals surface area (Å²) in [4.78, 5) is 12.0. The van der Waals surface area contributed by atoms with Gasteiger partial charge in [0, 0.05) is 12.0 Å². The van der Waals surface area contributed by atoms with Crippen molar-refractivity contribution in [3.8, 4) is 0 Å². The first-order valence-corrected chi connectivity index (χ1v) is 6.26. The summed E-state index contributed by atoms with van der Waals surface area (Å²) in [6, 6.07) is 7.59. The van der Waals surface area contributed by atoms with Crippen molar-refractivity contribution in [1.82, 2.24) is 0 Å². The molecule has 0 amide bonds. The number of rotatable bonds is 5. The first-order valence-electron chi connectivity index (χ1n) is 6.26. The Hall–Kier alpha value is -1.41. The van der Waals surface area contributed by atoms with Crippen LogP contribution in [-0.4, -0.2) is 10.9 Å². The van der Waals surface area contributed by atoms with E-state index in [0.717, 1.165) is 30.4 Å². The highest BCUT2D eigenvalue weighted by molar-refractivity contribution is 6.22. The molecule has 2 heteroatoms. The number of unbranched alkanes of at least 4 members (excludes halogenated alkanes) is 2. The Labute approximate surface area is 102 Å². The molecule has 0 spiro atoms. The van der Waals surface area contributed by atoms with Crippen LogP contribution in [0.4, 0.5) is 0 Å². The molecule has 0 fully saturated rings. The first-order chi connectivity index (χ1) is 8.24. The molecule has 0 aliphatic heterocycles. The Morgan fingerprint density at radius 1 is 1.29 bits per heavy atom. The Balaban J connectivity index is 2.13. The van der Waals surface area contributed by atoms with Crippen LogP contribution in [0.15, 0.2) is 30.3 Å². The summed E-state index contributed by atoms with van der Waals surface area (Å²) in [5, 5.41) is 9.84. The van der Waals surface area contributed by atoms with E-state index in [2.05, 4.69) is 6.92 Å². The van der Waals surface area contributed by atoms with E-state index in [1.165, 1.54) is 0 Å². The van der Waals surface area contributed by atoms with Crippen LogP contribution in [-0.2, 0) is 4.79 Å². The van der Waals surface area contributed by atoms with Crippen molar-refractivity contribution in [2.75, 3.05) is 0 Å². The maximum absolute atomic E-state index is 12.0. The number of ketones is 1. The van der Waals surface area contributed by atoms with E-state index in [-0.39, 0.29) is 5.78 Å². The predicted octanol–water partition coefficient (Wildman–Crippen LogP) is 3.27. The van der Waals surface area contributed by atoms with E-state index < -0.39 is 6.10 Å². The number of Topliss-reactive ketones (excluding diaryl/α,β-unsaturated/α-hetero) is 1. The molecule has 1 aliphatic carbocycles. The van der Waals surface area contributed by atoms with Crippen LogP contribution in [0.2, 0.25) is 0 Å². The lowest BCUT2D eigenvalue weighted by molar-refractivity contribution is -0.113. The van der Waals surface area contributed by atoms with Crippen LogP contribution in [0.25, 0.3) is 5.57 Å². The van der Waals surface area contributed by atoms with Gasteiger partial charge in [-0.1, -0.05) is 44.0 Å². The zero-order chi connectivity index (χ0) is 12.3. The Kier molecular flexibility index (Phi) is 3.75. The van der Waals surface area contributed by atoms with Crippen molar-refractivity contribution < 1.29 is 9.90 Å². The van der Waals surface area contributed by atoms with Crippen molar-refractivity contribution in [3.05, 3.63) is 41.5 Å². The van der Waals surface area contributed by atoms with Crippen molar-refractivity contribution in [3.63, 3.8) is 0 Å². The molecule has 1 aliphatic rings. The third-order valence-electron chi connectivity index (χ3n) is 3.20. The van der Waals surface area contributed by atoms with E-state index in [1.54, 1.807) is 6.08 Å². The molecule has 17 heavy (non-hydrogen) atoms. The lowest BCUT2D eigenvalue weighted by Crippen LogP contribution is -2.00. The zero-order valence-corrected chi connectivity index (χ0v) is 10.1. The molecule has 0 aromatic heterocycles. The van der Waals surface area contributed by atoms with E-state index in [0.29, 0.717) is 12.0 Å². The monoisotopic (exact) mass is 230 g/mol. The highest BCUT2D eigenvalue weighted by Gasteiger charge is 2.24. The number of hydrogen-bond donors (Lipinski definition) is 1. The number of hydrogen-bond acceptors (Lipinski definition) is 2. The molecule has 1 aromatic carbocycles. The van der Waals surface area contributed by atoms with Gasteiger partial charge in [0.1, 0.15) is 0 Å². The number of aliphatic hydroxyl groups is 1. The van der Waals surface area contributed by atoms with Gasteiger partial charge in [0.15, 0.2) is 5.78 Å². The largest absolute Gasteiger partial charge is 0.384 e. The molecular formula is C15H18O2. The fourth-order valence-electron chi connectivity index (χ4n) is 2.25. The summed E-state index contributed by atoms with van der Waals surface area (Å²) in [7, 11) is 0. The van der Waals surface area contributed by atoms with Gasteiger partial charge in [-0.25, -0.2) is 0 Å². The lowest BCUT2D eigenvalue weighted by Gasteiger charge is -2.05. The van der Waals surface area contributed by atoms with Crippen molar-refractivity contribution in [2.24, 2.45) is 0 Å². The normalized spacial score (nSPS) is 17.8. The van der Waals surface area contributed by atoms with Crippen molar-refractivity contribution >= 4 is 11.4 Å². The topological polar surface area (TPSA) is 37.3 Å². The average molecular weight is 230 g/mol. The van der Waals surface area contributed by atoms with E-state index in [4.69, 9.17) is 0 Å². The molecule has 1 N–H and O–H groups in total. The second kappa shape index (κ2) is 5.28. The Morgan fingerprint density at radius 3 is 2.82 bits per heavy atom. The standard InChI is InChI=1S/C15H18O2/c1-2-3-4-9-14(16)13-10-15(17)12-8-6-5-7-11(12)13/h5-8,10,15,17H,2-4,9H2,1H3. The number of allylic oxidation sites excluding steroid dienone is 1. The third kappa shape index (κ3) is 2.47. The molecule has 2 nitrogen and oxygen atoms in total. The fraction of sp³-hybridized carbons (Fsp3) is 0.400. The van der Waals surface area contributed by atoms with Gasteiger partial charge in [-0.2, -0.15) is 0 Å². The summed E-state index contributed by atoms with van der Waals surface area (Å²) in [6.45, 7) is 2.12. The second-order valence-corrected chi connectivity index (χ2v) is 4.49. The first kappa shape index (κ1) is 12.1. The summed E-state index contributed by atoms with van der Waals surface area (Å²) >= 11 is 0. The highest BCUT2D eigenvalue weighted by atomic mass is 16.3. The van der Waals surface area contributed by atoms with Crippen molar-refractivity contribution in [2.45, 2.75) is 38.7 Å². The Morgan fingerprint density at radius 2 is 2.06 bits per heavy atom. The lowest BCUT2D eigenvalue weighted by atomic mass is 9.99. The molecule has 1 aromatic rings. The summed E-state index contributed by atoms with van der Waals surface area (Å²) in [6.07, 6.45) is 4.79. The number of aliphatic hydroxyl groups excluding tert-OH is 1. The molecule has 1 atom stereocenters. The highest BCUT2D eigenvalue weighted by Crippen LogP contribution is 2.35. The molecule has 0 saturated carbocycles. The van der Waals surface area contributed by atoms with Crippen LogP contribution in [0, 0.1) is 0 Å². The molecular weight excluding hydrogens is 212 g/mol. The maximum atomic E-state index is 12.0. The molecule has 0 saturated heterocycles. The number of carbonyl (C=O) groups is 1. The van der Waals surface area contributed by atoms with Gasteiger partial charge in [0.25, 0.3) is 0 Å². The smallest absolute Gasteiger partial charge is 0.163 e. The molecule has 0 radical (unpaired) electrons. The Bertz CT molecular complexity index is 446. The molecule has 1 unspecified atom stereocenters. The van der Waals surface area contributed by atoms with Crippen molar-refractivity contribution in [1.29, 1.82) is 0 Å². The second-order valence-electron chi connectivity index (χ2n) is 4.49. The van der Waals surface area contributed by atoms with E-state index >= 15 is 0 Å². The van der Waals surface area contributed by atoms with Crippen LogP contribution >= 0.6 is 0 Å². The quantitative estimate of drug-likeness (QED) is 0.788. The molecule has 0 bridgehead atoms. The fourth-order valence-corrected chi connectivity index (χ4v) is 2.25. The predicted molar refractivity (Wildman–Crippen MR) is 68.5 cm³/mol. The number of carbonyl (C=O) groups excluding carboxylic acids is 1. The summed E-state index contributed by atoms with van der Waals surface area (Å²) in [5.74, 6) is 0.155. The number of fused-ring (bicyclic) bond motifs is 1. The van der Waals surface area contributed by atoms with Gasteiger partial charge < -0.3 is 5.11 Å². The van der Waals surface area contributed by atoms with Gasteiger partial charge in [-0.3, -0.25) is 4.79 Å². The zero-order valence-electron chi connectivity index (χ0n) is 10.1. The van der Waals surface area contributed by atoms with Gasteiger partial charge in [0.2, 0.25) is 0 Å². The summed E-state index contributed by atoms with van der Waals surface area (Å²) in [5.41, 5.74) is 2.46. The third-order valence-corrected chi connectivity index (χ3v) is 3.20. The van der Waals surface area contributed by atoms with E-state index in [9.17, 15) is 9.90 Å². The minimum absolute atomic E-state index is 0.155. The van der Waals surface area contributed by atoms with Crippen LogP contribution in [0.3, 0.4) is 0 Å². The minimum atomic E-state index is -0.615. The minimum Gasteiger partial charge on any atom is -0.384 e. The summed E-state index contributed by atoms with van der Waals surface area (Å²) < 4.78 is 0.